The summed E-state index contributed by atoms with van der Waals surface area (Å²) in [5.74, 6) is 0. The second-order valence-electron chi connectivity index (χ2n) is 4.08. The number of rotatable bonds is 1. The smallest absolute Gasteiger partial charge is 0.410 e. The van der Waals surface area contributed by atoms with Crippen LogP contribution in [0.5, 0.6) is 0 Å². The molecule has 2 saturated heterocycles. The molecule has 2 heterocycles. The van der Waals surface area contributed by atoms with Gasteiger partial charge in [-0.1, -0.05) is 0 Å². The zero-order valence-corrected chi connectivity index (χ0v) is 8.12. The van der Waals surface area contributed by atoms with Crippen molar-refractivity contribution in [2.24, 2.45) is 0 Å². The van der Waals surface area contributed by atoms with Gasteiger partial charge in [0.2, 0.25) is 0 Å². The number of amides is 1. The van der Waals surface area contributed by atoms with Crippen LogP contribution in [-0.2, 0) is 4.74 Å². The van der Waals surface area contributed by atoms with Gasteiger partial charge in [-0.05, 0) is 20.3 Å². The highest BCUT2D eigenvalue weighted by molar-refractivity contribution is 5.69. The third-order valence-corrected chi connectivity index (χ3v) is 2.63. The Labute approximate surface area is 78.2 Å². The van der Waals surface area contributed by atoms with Gasteiger partial charge in [0.1, 0.15) is 0 Å². The Morgan fingerprint density at radius 2 is 2.38 bits per heavy atom. The van der Waals surface area contributed by atoms with Crippen LogP contribution in [0, 0.1) is 0 Å². The van der Waals surface area contributed by atoms with E-state index in [1.54, 1.807) is 0 Å². The van der Waals surface area contributed by atoms with Gasteiger partial charge in [-0.2, -0.15) is 0 Å². The summed E-state index contributed by atoms with van der Waals surface area (Å²) in [4.78, 5) is 13.4. The quantitative estimate of drug-likeness (QED) is 0.648. The third-order valence-electron chi connectivity index (χ3n) is 2.63. The molecule has 2 atom stereocenters. The molecule has 0 aromatic rings. The van der Waals surface area contributed by atoms with Gasteiger partial charge in [0.05, 0.1) is 6.10 Å². The summed E-state index contributed by atoms with van der Waals surface area (Å²) < 4.78 is 5.15. The van der Waals surface area contributed by atoms with E-state index in [2.05, 4.69) is 5.32 Å². The highest BCUT2D eigenvalue weighted by Crippen LogP contribution is 2.23. The van der Waals surface area contributed by atoms with Gasteiger partial charge in [-0.3, -0.25) is 0 Å². The van der Waals surface area contributed by atoms with E-state index >= 15 is 0 Å². The monoisotopic (exact) mass is 184 g/mol. The van der Waals surface area contributed by atoms with Crippen molar-refractivity contribution in [1.82, 2.24) is 10.2 Å². The fourth-order valence-electron chi connectivity index (χ4n) is 2.05. The van der Waals surface area contributed by atoms with Crippen molar-refractivity contribution in [3.8, 4) is 0 Å². The molecule has 0 aromatic heterocycles. The summed E-state index contributed by atoms with van der Waals surface area (Å²) in [6, 6.07) is 0.876. The van der Waals surface area contributed by atoms with Crippen molar-refractivity contribution in [2.75, 3.05) is 13.1 Å². The van der Waals surface area contributed by atoms with Crippen molar-refractivity contribution in [1.29, 1.82) is 0 Å². The molecule has 0 radical (unpaired) electrons. The molecule has 2 fully saturated rings. The average molecular weight is 184 g/mol. The zero-order chi connectivity index (χ0) is 9.42. The minimum absolute atomic E-state index is 0.0143. The van der Waals surface area contributed by atoms with Crippen molar-refractivity contribution in [3.05, 3.63) is 0 Å². The second-order valence-corrected chi connectivity index (χ2v) is 4.08. The number of nitrogens with zero attached hydrogens (tertiary/aromatic N) is 1. The van der Waals surface area contributed by atoms with Crippen molar-refractivity contribution < 1.29 is 9.53 Å². The first-order chi connectivity index (χ1) is 6.16. The molecule has 2 aliphatic rings. The molecular weight excluding hydrogens is 168 g/mol. The Kier molecular flexibility index (Phi) is 2.15. The second kappa shape index (κ2) is 3.18. The molecule has 2 bridgehead atoms. The first-order valence-corrected chi connectivity index (χ1v) is 4.87. The third kappa shape index (κ3) is 1.63. The molecule has 1 N–H and O–H groups in total. The number of hydrogen-bond donors (Lipinski definition) is 1. The van der Waals surface area contributed by atoms with E-state index < -0.39 is 0 Å². The van der Waals surface area contributed by atoms with Crippen LogP contribution in [0.4, 0.5) is 4.79 Å². The van der Waals surface area contributed by atoms with E-state index in [0.717, 1.165) is 19.5 Å². The molecule has 2 unspecified atom stereocenters. The van der Waals surface area contributed by atoms with Crippen LogP contribution in [0.15, 0.2) is 0 Å². The fraction of sp³-hybridized carbons (Fsp3) is 0.889. The maximum atomic E-state index is 11.5. The number of carbonyl (C=O) groups excluding carboxylic acids is 1. The lowest BCUT2D eigenvalue weighted by Crippen LogP contribution is -2.47. The van der Waals surface area contributed by atoms with Crippen LogP contribution in [0.1, 0.15) is 20.3 Å². The largest absolute Gasteiger partial charge is 0.447 e. The van der Waals surface area contributed by atoms with E-state index in [-0.39, 0.29) is 12.2 Å². The maximum Gasteiger partial charge on any atom is 0.410 e. The first kappa shape index (κ1) is 8.81. The number of fused-ring (bicyclic) bond motifs is 2. The topological polar surface area (TPSA) is 41.6 Å². The van der Waals surface area contributed by atoms with Crippen LogP contribution in [0.2, 0.25) is 0 Å². The Bertz CT molecular complexity index is 218. The lowest BCUT2D eigenvalue weighted by Gasteiger charge is -2.27. The highest BCUT2D eigenvalue weighted by Gasteiger charge is 2.40. The number of carbonyl (C=O) groups is 1. The Balaban J connectivity index is 1.91. The molecule has 2 rings (SSSR count). The molecule has 0 spiro atoms. The van der Waals surface area contributed by atoms with E-state index in [9.17, 15) is 4.79 Å². The lowest BCUT2D eigenvalue weighted by atomic mass is 10.2. The standard InChI is InChI=1S/C9H16N2O2/c1-6(2)13-9(12)11-5-7-3-8(11)4-10-7/h6-8,10H,3-5H2,1-2H3. The number of nitrogens with one attached hydrogen (secondary N) is 1. The predicted molar refractivity (Wildman–Crippen MR) is 48.5 cm³/mol. The van der Waals surface area contributed by atoms with E-state index in [1.165, 1.54) is 0 Å². The Morgan fingerprint density at radius 1 is 1.62 bits per heavy atom. The molecule has 1 amide bonds. The van der Waals surface area contributed by atoms with Crippen LogP contribution in [0.25, 0.3) is 0 Å². The number of hydrogen-bond acceptors (Lipinski definition) is 3. The molecule has 13 heavy (non-hydrogen) atoms. The summed E-state index contributed by atoms with van der Waals surface area (Å²) in [7, 11) is 0. The van der Waals surface area contributed by atoms with E-state index in [1.807, 2.05) is 18.7 Å². The minimum atomic E-state index is -0.149. The Hall–Kier alpha value is -0.770. The highest BCUT2D eigenvalue weighted by atomic mass is 16.6. The molecule has 0 aromatic carbocycles. The van der Waals surface area contributed by atoms with Crippen LogP contribution in [0.3, 0.4) is 0 Å². The SMILES string of the molecule is CC(C)OC(=O)N1CC2CC1CN2. The van der Waals surface area contributed by atoms with Crippen LogP contribution in [-0.4, -0.2) is 42.3 Å². The normalized spacial score (nSPS) is 31.5. The number of likely N-dealkylation sites (tertiary alicyclic amines) is 1. The van der Waals surface area contributed by atoms with Gasteiger partial charge in [0.15, 0.2) is 0 Å². The molecule has 2 aliphatic heterocycles. The number of piperazine rings is 1. The van der Waals surface area contributed by atoms with Crippen molar-refractivity contribution >= 4 is 6.09 Å². The van der Waals surface area contributed by atoms with Gasteiger partial charge in [0, 0.05) is 25.2 Å². The van der Waals surface area contributed by atoms with Gasteiger partial charge >= 0.3 is 6.09 Å². The van der Waals surface area contributed by atoms with Crippen molar-refractivity contribution in [3.63, 3.8) is 0 Å². The first-order valence-electron chi connectivity index (χ1n) is 4.87. The summed E-state index contributed by atoms with van der Waals surface area (Å²) in [6.45, 7) is 5.50. The van der Waals surface area contributed by atoms with Crippen LogP contribution < -0.4 is 5.32 Å². The molecule has 74 valence electrons. The van der Waals surface area contributed by atoms with Crippen LogP contribution >= 0.6 is 0 Å². The van der Waals surface area contributed by atoms with Gasteiger partial charge in [-0.25, -0.2) is 4.79 Å². The molecule has 0 aliphatic carbocycles. The van der Waals surface area contributed by atoms with Gasteiger partial charge in [-0.15, -0.1) is 0 Å². The maximum absolute atomic E-state index is 11.5. The predicted octanol–water partition coefficient (Wildman–Crippen LogP) is 0.577. The fourth-order valence-corrected chi connectivity index (χ4v) is 2.05. The van der Waals surface area contributed by atoms with E-state index in [4.69, 9.17) is 4.74 Å². The zero-order valence-electron chi connectivity index (χ0n) is 8.12. The van der Waals surface area contributed by atoms with Crippen molar-refractivity contribution in [2.45, 2.75) is 38.5 Å². The molecule has 4 nitrogen and oxygen atoms in total. The Morgan fingerprint density at radius 3 is 2.85 bits per heavy atom. The van der Waals surface area contributed by atoms with E-state index in [0.29, 0.717) is 12.1 Å². The lowest BCUT2D eigenvalue weighted by molar-refractivity contribution is 0.0697. The summed E-state index contributed by atoms with van der Waals surface area (Å²) in [6.07, 6.45) is 0.927. The molecule has 4 heteroatoms. The van der Waals surface area contributed by atoms with Gasteiger partial charge < -0.3 is 15.0 Å². The average Bonchev–Trinajstić information content (AvgIpc) is 2.62. The van der Waals surface area contributed by atoms with Gasteiger partial charge in [0.25, 0.3) is 0 Å². The molecular formula is C9H16N2O2. The summed E-state index contributed by atoms with van der Waals surface area (Å²) >= 11 is 0. The minimum Gasteiger partial charge on any atom is -0.447 e. The summed E-state index contributed by atoms with van der Waals surface area (Å²) in [5.41, 5.74) is 0. The molecule has 0 saturated carbocycles. The summed E-state index contributed by atoms with van der Waals surface area (Å²) in [5, 5.41) is 3.34. The number of ether oxygens (including phenoxy) is 1.